The van der Waals surface area contributed by atoms with Crippen LogP contribution in [0.2, 0.25) is 10.0 Å². The number of phenolic OH excluding ortho intramolecular Hbond substituents is 1. The molecule has 164 valence electrons. The molecular weight excluding hydrogens is 469 g/mol. The molecule has 0 aliphatic carbocycles. The number of nitrogens with zero attached hydrogens (tertiary/aromatic N) is 2. The molecule has 2 aromatic rings. The fraction of sp³-hybridized carbons (Fsp3) is 0.368. The van der Waals surface area contributed by atoms with Gasteiger partial charge in [-0.1, -0.05) is 28.4 Å². The zero-order valence-electron chi connectivity index (χ0n) is 16.5. The molecule has 12 heteroatoms. The van der Waals surface area contributed by atoms with Crippen molar-refractivity contribution in [1.82, 2.24) is 15.4 Å². The van der Waals surface area contributed by atoms with Crippen LogP contribution in [0, 0.1) is 6.92 Å². The number of hydrogen-bond acceptors (Lipinski definition) is 7. The molecule has 1 aromatic heterocycles. The van der Waals surface area contributed by atoms with E-state index in [9.17, 15) is 24.6 Å². The number of phenols is 1. The van der Waals surface area contributed by atoms with Crippen molar-refractivity contribution in [2.45, 2.75) is 43.0 Å². The SMILES string of the molecule is Cc1onc(-c2c(Cl)cc(O)cc2Cl)c1C(=O)N[C@@H]1C(=O)N2[C@@H]1SC(C)(C)[C@@H]2C(=O)O. The molecule has 0 saturated carbocycles. The quantitative estimate of drug-likeness (QED) is 0.562. The molecule has 2 amide bonds. The van der Waals surface area contributed by atoms with Crippen molar-refractivity contribution < 1.29 is 29.1 Å². The fourth-order valence-corrected chi connectivity index (χ4v) is 6.23. The number of nitrogens with one attached hydrogen (secondary N) is 1. The number of fused-ring (bicyclic) bond motifs is 1. The zero-order chi connectivity index (χ0) is 22.8. The number of aryl methyl sites for hydroxylation is 1. The Labute approximate surface area is 190 Å². The Morgan fingerprint density at radius 2 is 1.90 bits per heavy atom. The number of β-lactam (4-membered cyclic amide) rings is 1. The van der Waals surface area contributed by atoms with Gasteiger partial charge in [0.05, 0.1) is 10.0 Å². The predicted molar refractivity (Wildman–Crippen MR) is 113 cm³/mol. The van der Waals surface area contributed by atoms with Crippen molar-refractivity contribution in [3.05, 3.63) is 33.5 Å². The molecule has 0 spiro atoms. The Hall–Kier alpha value is -2.43. The van der Waals surface area contributed by atoms with Crippen LogP contribution in [-0.2, 0) is 9.59 Å². The van der Waals surface area contributed by atoms with Crippen LogP contribution in [0.3, 0.4) is 0 Å². The van der Waals surface area contributed by atoms with Gasteiger partial charge in [-0.15, -0.1) is 11.8 Å². The van der Waals surface area contributed by atoms with Gasteiger partial charge in [-0.05, 0) is 32.9 Å². The fourth-order valence-electron chi connectivity index (χ4n) is 3.95. The van der Waals surface area contributed by atoms with Crippen molar-refractivity contribution in [1.29, 1.82) is 0 Å². The molecule has 9 nitrogen and oxygen atoms in total. The van der Waals surface area contributed by atoms with Gasteiger partial charge in [0.25, 0.3) is 5.91 Å². The van der Waals surface area contributed by atoms with Crippen LogP contribution in [-0.4, -0.2) is 60.3 Å². The Bertz CT molecular complexity index is 1110. The molecule has 2 aliphatic rings. The molecule has 3 heterocycles. The molecule has 4 rings (SSSR count). The normalized spacial score (nSPS) is 24.0. The monoisotopic (exact) mass is 485 g/mol. The van der Waals surface area contributed by atoms with Crippen LogP contribution in [0.5, 0.6) is 5.75 Å². The Morgan fingerprint density at radius 3 is 2.48 bits per heavy atom. The number of thioether (sulfide) groups is 1. The van der Waals surface area contributed by atoms with E-state index in [1.54, 1.807) is 13.8 Å². The predicted octanol–water partition coefficient (Wildman–Crippen LogP) is 2.91. The van der Waals surface area contributed by atoms with Crippen molar-refractivity contribution in [3.63, 3.8) is 0 Å². The first-order valence-corrected chi connectivity index (χ1v) is 10.8. The van der Waals surface area contributed by atoms with Gasteiger partial charge in [0.2, 0.25) is 5.91 Å². The Kier molecular flexibility index (Phi) is 5.14. The summed E-state index contributed by atoms with van der Waals surface area (Å²) in [5.74, 6) is -2.17. The third-order valence-electron chi connectivity index (χ3n) is 5.31. The number of aromatic nitrogens is 1. The van der Waals surface area contributed by atoms with Gasteiger partial charge < -0.3 is 25.0 Å². The van der Waals surface area contributed by atoms with E-state index in [2.05, 4.69) is 10.5 Å². The van der Waals surface area contributed by atoms with E-state index in [0.29, 0.717) is 0 Å². The lowest BCUT2D eigenvalue weighted by Gasteiger charge is -2.43. The first kappa shape index (κ1) is 21.8. The average Bonchev–Trinajstić information content (AvgIpc) is 3.14. The summed E-state index contributed by atoms with van der Waals surface area (Å²) < 4.78 is 4.46. The number of benzene rings is 1. The molecule has 3 atom stereocenters. The number of carbonyl (C=O) groups is 3. The molecule has 31 heavy (non-hydrogen) atoms. The number of rotatable bonds is 4. The van der Waals surface area contributed by atoms with Gasteiger partial charge >= 0.3 is 5.97 Å². The summed E-state index contributed by atoms with van der Waals surface area (Å²) in [4.78, 5) is 38.7. The smallest absolute Gasteiger partial charge is 0.327 e. The molecule has 0 unspecified atom stereocenters. The van der Waals surface area contributed by atoms with Gasteiger partial charge in [0, 0.05) is 10.3 Å². The zero-order valence-corrected chi connectivity index (χ0v) is 18.8. The molecule has 2 fully saturated rings. The van der Waals surface area contributed by atoms with Crippen LogP contribution in [0.15, 0.2) is 16.7 Å². The highest BCUT2D eigenvalue weighted by Crippen LogP contribution is 2.51. The number of hydrogen-bond donors (Lipinski definition) is 3. The maximum Gasteiger partial charge on any atom is 0.327 e. The molecule has 1 aromatic carbocycles. The Morgan fingerprint density at radius 1 is 1.29 bits per heavy atom. The van der Waals surface area contributed by atoms with E-state index in [-0.39, 0.29) is 38.4 Å². The number of halogens is 2. The van der Waals surface area contributed by atoms with Crippen LogP contribution >= 0.6 is 35.0 Å². The number of aliphatic carboxylic acids is 1. The summed E-state index contributed by atoms with van der Waals surface area (Å²) in [6.07, 6.45) is 0. The Balaban J connectivity index is 1.63. The molecule has 3 N–H and O–H groups in total. The highest BCUT2D eigenvalue weighted by atomic mass is 35.5. The van der Waals surface area contributed by atoms with E-state index in [1.807, 2.05) is 0 Å². The lowest BCUT2D eigenvalue weighted by molar-refractivity contribution is -0.159. The number of carboxylic acid groups (broad SMARTS) is 1. The molecule has 2 saturated heterocycles. The van der Waals surface area contributed by atoms with Crippen molar-refractivity contribution in [3.8, 4) is 17.0 Å². The summed E-state index contributed by atoms with van der Waals surface area (Å²) in [6.45, 7) is 5.02. The maximum absolute atomic E-state index is 13.1. The van der Waals surface area contributed by atoms with E-state index >= 15 is 0 Å². The average molecular weight is 486 g/mol. The second-order valence-corrected chi connectivity index (χ2v) is 10.4. The van der Waals surface area contributed by atoms with Gasteiger partial charge in [0.1, 0.15) is 40.2 Å². The van der Waals surface area contributed by atoms with Crippen molar-refractivity contribution in [2.75, 3.05) is 0 Å². The largest absolute Gasteiger partial charge is 0.508 e. The van der Waals surface area contributed by atoms with Crippen molar-refractivity contribution in [2.24, 2.45) is 0 Å². The van der Waals surface area contributed by atoms with Crippen LogP contribution in [0.25, 0.3) is 11.3 Å². The van der Waals surface area contributed by atoms with Crippen LogP contribution in [0.1, 0.15) is 30.0 Å². The van der Waals surface area contributed by atoms with Crippen LogP contribution in [0.4, 0.5) is 0 Å². The van der Waals surface area contributed by atoms with E-state index in [0.717, 1.165) is 0 Å². The number of carboxylic acids is 1. The lowest BCUT2D eigenvalue weighted by Crippen LogP contribution is -2.70. The number of carbonyl (C=O) groups excluding carboxylic acids is 2. The lowest BCUT2D eigenvalue weighted by atomic mass is 9.95. The summed E-state index contributed by atoms with van der Waals surface area (Å²) in [7, 11) is 0. The minimum atomic E-state index is -1.09. The standard InChI is InChI=1S/C19H17Cl2N3O6S/c1-6-10(12(23-30-6)11-8(20)4-7(25)5-9(11)21)15(26)22-13-16(27)24-14(18(28)29)19(2,3)31-17(13)24/h4-5,13-14,17,25H,1-3H3,(H,22,26)(H,28,29)/t13-,14+,17-/m1/s1. The van der Waals surface area contributed by atoms with Gasteiger partial charge in [0.15, 0.2) is 0 Å². The first-order chi connectivity index (χ1) is 14.4. The van der Waals surface area contributed by atoms with Gasteiger partial charge in [-0.2, -0.15) is 0 Å². The molecular formula is C19H17Cl2N3O6S. The highest BCUT2D eigenvalue weighted by Gasteiger charge is 2.64. The second kappa shape index (κ2) is 7.32. The topological polar surface area (TPSA) is 133 Å². The third-order valence-corrected chi connectivity index (χ3v) is 7.48. The number of aromatic hydroxyl groups is 1. The third kappa shape index (κ3) is 3.33. The minimum Gasteiger partial charge on any atom is -0.508 e. The van der Waals surface area contributed by atoms with Crippen molar-refractivity contribution >= 4 is 52.7 Å². The van der Waals surface area contributed by atoms with Gasteiger partial charge in [-0.25, -0.2) is 4.79 Å². The number of amides is 2. The second-order valence-electron chi connectivity index (χ2n) is 7.80. The highest BCUT2D eigenvalue weighted by molar-refractivity contribution is 8.01. The molecule has 2 aliphatic heterocycles. The molecule has 0 radical (unpaired) electrons. The summed E-state index contributed by atoms with van der Waals surface area (Å²) >= 11 is 13.7. The maximum atomic E-state index is 13.1. The minimum absolute atomic E-state index is 0.0396. The van der Waals surface area contributed by atoms with E-state index < -0.39 is 40.0 Å². The van der Waals surface area contributed by atoms with E-state index in [1.165, 1.54) is 35.7 Å². The van der Waals surface area contributed by atoms with Crippen LogP contribution < -0.4 is 5.32 Å². The summed E-state index contributed by atoms with van der Waals surface area (Å²) in [6, 6.07) is 0.635. The van der Waals surface area contributed by atoms with E-state index in [4.69, 9.17) is 27.7 Å². The first-order valence-electron chi connectivity index (χ1n) is 9.12. The summed E-state index contributed by atoms with van der Waals surface area (Å²) in [5, 5.41) is 25.3. The molecule has 0 bridgehead atoms. The summed E-state index contributed by atoms with van der Waals surface area (Å²) in [5.41, 5.74) is 0.307. The van der Waals surface area contributed by atoms with Gasteiger partial charge in [-0.3, -0.25) is 9.59 Å².